The highest BCUT2D eigenvalue weighted by Gasteiger charge is 2.06. The van der Waals surface area contributed by atoms with Crippen molar-refractivity contribution in [3.8, 4) is 0 Å². The standard InChI is InChI=1S/C13H20BrNS/c1-4-9(2)8-16-11-5-6-12(10(3)15)13(14)7-11/h5-7,9-10H,4,8,15H2,1-3H3/t9?,10-/m1/s1. The summed E-state index contributed by atoms with van der Waals surface area (Å²) in [6.07, 6.45) is 1.24. The molecule has 0 aliphatic rings. The fraction of sp³-hybridized carbons (Fsp3) is 0.538. The van der Waals surface area contributed by atoms with Gasteiger partial charge in [-0.2, -0.15) is 0 Å². The Morgan fingerprint density at radius 2 is 2.06 bits per heavy atom. The average Bonchev–Trinajstić information content (AvgIpc) is 2.25. The van der Waals surface area contributed by atoms with Crippen LogP contribution in [-0.4, -0.2) is 5.75 Å². The van der Waals surface area contributed by atoms with E-state index in [9.17, 15) is 0 Å². The van der Waals surface area contributed by atoms with Gasteiger partial charge in [-0.05, 0) is 30.5 Å². The van der Waals surface area contributed by atoms with Gasteiger partial charge >= 0.3 is 0 Å². The third kappa shape index (κ3) is 4.11. The predicted molar refractivity (Wildman–Crippen MR) is 76.9 cm³/mol. The summed E-state index contributed by atoms with van der Waals surface area (Å²) in [7, 11) is 0. The lowest BCUT2D eigenvalue weighted by Gasteiger charge is -2.11. The Balaban J connectivity index is 2.66. The summed E-state index contributed by atoms with van der Waals surface area (Å²) < 4.78 is 1.12. The van der Waals surface area contributed by atoms with Crippen LogP contribution in [0.15, 0.2) is 27.6 Å². The lowest BCUT2D eigenvalue weighted by molar-refractivity contribution is 0.637. The van der Waals surface area contributed by atoms with Crippen molar-refractivity contribution in [2.45, 2.75) is 38.1 Å². The molecule has 0 bridgehead atoms. The SMILES string of the molecule is CCC(C)CSc1ccc([C@@H](C)N)c(Br)c1. The molecular weight excluding hydrogens is 282 g/mol. The van der Waals surface area contributed by atoms with Crippen molar-refractivity contribution in [2.75, 3.05) is 5.75 Å². The summed E-state index contributed by atoms with van der Waals surface area (Å²) in [5.41, 5.74) is 7.05. The molecule has 1 rings (SSSR count). The normalized spacial score (nSPS) is 14.8. The summed E-state index contributed by atoms with van der Waals surface area (Å²) in [5, 5.41) is 0. The third-order valence-electron chi connectivity index (χ3n) is 2.69. The largest absolute Gasteiger partial charge is 0.324 e. The van der Waals surface area contributed by atoms with Gasteiger partial charge in [0.1, 0.15) is 0 Å². The first kappa shape index (κ1) is 14.1. The minimum absolute atomic E-state index is 0.0861. The number of hydrogen-bond acceptors (Lipinski definition) is 2. The zero-order chi connectivity index (χ0) is 12.1. The van der Waals surface area contributed by atoms with Crippen LogP contribution in [0.2, 0.25) is 0 Å². The quantitative estimate of drug-likeness (QED) is 0.804. The van der Waals surface area contributed by atoms with E-state index in [1.54, 1.807) is 0 Å². The van der Waals surface area contributed by atoms with Crippen LogP contribution < -0.4 is 5.73 Å². The Morgan fingerprint density at radius 1 is 1.38 bits per heavy atom. The van der Waals surface area contributed by atoms with Gasteiger partial charge in [0.05, 0.1) is 0 Å². The maximum Gasteiger partial charge on any atom is 0.0277 e. The van der Waals surface area contributed by atoms with Gasteiger partial charge in [0.25, 0.3) is 0 Å². The van der Waals surface area contributed by atoms with Crippen LogP contribution >= 0.6 is 27.7 Å². The molecule has 2 atom stereocenters. The predicted octanol–water partition coefficient (Wildman–Crippen LogP) is 4.61. The van der Waals surface area contributed by atoms with Crippen molar-refractivity contribution >= 4 is 27.7 Å². The summed E-state index contributed by atoms with van der Waals surface area (Å²) >= 11 is 5.50. The minimum Gasteiger partial charge on any atom is -0.324 e. The van der Waals surface area contributed by atoms with Gasteiger partial charge < -0.3 is 5.73 Å². The van der Waals surface area contributed by atoms with Crippen molar-refractivity contribution < 1.29 is 0 Å². The molecule has 0 saturated heterocycles. The van der Waals surface area contributed by atoms with Gasteiger partial charge in [0, 0.05) is 21.2 Å². The highest BCUT2D eigenvalue weighted by atomic mass is 79.9. The third-order valence-corrected chi connectivity index (χ3v) is 4.70. The first-order valence-corrected chi connectivity index (χ1v) is 7.50. The maximum absolute atomic E-state index is 5.87. The molecule has 0 amide bonds. The molecule has 0 aromatic heterocycles. The molecular formula is C13H20BrNS. The number of nitrogens with two attached hydrogens (primary N) is 1. The van der Waals surface area contributed by atoms with Crippen LogP contribution in [0.1, 0.15) is 38.8 Å². The minimum atomic E-state index is 0.0861. The molecule has 90 valence electrons. The lowest BCUT2D eigenvalue weighted by atomic mass is 10.1. The fourth-order valence-corrected chi connectivity index (χ4v) is 3.29. The van der Waals surface area contributed by atoms with Crippen LogP contribution in [0.3, 0.4) is 0 Å². The van der Waals surface area contributed by atoms with E-state index >= 15 is 0 Å². The van der Waals surface area contributed by atoms with E-state index in [1.165, 1.54) is 22.6 Å². The number of rotatable bonds is 5. The molecule has 0 heterocycles. The van der Waals surface area contributed by atoms with Gasteiger partial charge in [-0.1, -0.05) is 42.3 Å². The van der Waals surface area contributed by atoms with Crippen molar-refractivity contribution in [3.63, 3.8) is 0 Å². The number of thioether (sulfide) groups is 1. The number of benzene rings is 1. The zero-order valence-electron chi connectivity index (χ0n) is 10.2. The van der Waals surface area contributed by atoms with E-state index in [2.05, 4.69) is 48.0 Å². The lowest BCUT2D eigenvalue weighted by Crippen LogP contribution is -2.05. The van der Waals surface area contributed by atoms with Gasteiger partial charge in [-0.25, -0.2) is 0 Å². The summed E-state index contributed by atoms with van der Waals surface area (Å²) in [6, 6.07) is 6.54. The second kappa shape index (κ2) is 6.67. The van der Waals surface area contributed by atoms with E-state index < -0.39 is 0 Å². The molecule has 0 radical (unpaired) electrons. The van der Waals surface area contributed by atoms with E-state index in [4.69, 9.17) is 5.73 Å². The molecule has 0 spiro atoms. The monoisotopic (exact) mass is 301 g/mol. The molecule has 0 aliphatic carbocycles. The molecule has 0 saturated carbocycles. The molecule has 1 unspecified atom stereocenters. The molecule has 0 fully saturated rings. The van der Waals surface area contributed by atoms with Crippen molar-refractivity contribution in [3.05, 3.63) is 28.2 Å². The number of hydrogen-bond donors (Lipinski definition) is 1. The number of halogens is 1. The van der Waals surface area contributed by atoms with Crippen molar-refractivity contribution in [1.29, 1.82) is 0 Å². The molecule has 3 heteroatoms. The summed E-state index contributed by atoms with van der Waals surface area (Å²) in [5.74, 6) is 1.96. The summed E-state index contributed by atoms with van der Waals surface area (Å²) in [4.78, 5) is 1.32. The first-order chi connectivity index (χ1) is 7.54. The Hall–Kier alpha value is 0.01000. The Morgan fingerprint density at radius 3 is 2.56 bits per heavy atom. The Labute approximate surface area is 111 Å². The molecule has 1 aromatic rings. The van der Waals surface area contributed by atoms with Crippen LogP contribution in [0.25, 0.3) is 0 Å². The Kier molecular flexibility index (Phi) is 5.87. The van der Waals surface area contributed by atoms with Crippen LogP contribution in [0.4, 0.5) is 0 Å². The van der Waals surface area contributed by atoms with E-state index in [0.717, 1.165) is 10.4 Å². The molecule has 2 N–H and O–H groups in total. The van der Waals surface area contributed by atoms with Gasteiger partial charge in [0.15, 0.2) is 0 Å². The van der Waals surface area contributed by atoms with Gasteiger partial charge in [-0.15, -0.1) is 11.8 Å². The van der Waals surface area contributed by atoms with Crippen LogP contribution in [0, 0.1) is 5.92 Å². The van der Waals surface area contributed by atoms with E-state index in [-0.39, 0.29) is 6.04 Å². The molecule has 1 aromatic carbocycles. The molecule has 0 aliphatic heterocycles. The first-order valence-electron chi connectivity index (χ1n) is 5.72. The Bertz CT molecular complexity index is 339. The molecule has 16 heavy (non-hydrogen) atoms. The van der Waals surface area contributed by atoms with Crippen molar-refractivity contribution in [1.82, 2.24) is 0 Å². The highest BCUT2D eigenvalue weighted by molar-refractivity contribution is 9.10. The highest BCUT2D eigenvalue weighted by Crippen LogP contribution is 2.29. The topological polar surface area (TPSA) is 26.0 Å². The van der Waals surface area contributed by atoms with E-state index in [0.29, 0.717) is 0 Å². The van der Waals surface area contributed by atoms with Gasteiger partial charge in [0.2, 0.25) is 0 Å². The van der Waals surface area contributed by atoms with Crippen LogP contribution in [-0.2, 0) is 0 Å². The maximum atomic E-state index is 5.87. The summed E-state index contributed by atoms with van der Waals surface area (Å²) in [6.45, 7) is 6.53. The fourth-order valence-electron chi connectivity index (χ4n) is 1.32. The second-order valence-electron chi connectivity index (χ2n) is 4.30. The second-order valence-corrected chi connectivity index (χ2v) is 6.24. The van der Waals surface area contributed by atoms with Crippen LogP contribution in [0.5, 0.6) is 0 Å². The van der Waals surface area contributed by atoms with Crippen molar-refractivity contribution in [2.24, 2.45) is 11.7 Å². The van der Waals surface area contributed by atoms with Gasteiger partial charge in [-0.3, -0.25) is 0 Å². The average molecular weight is 302 g/mol. The van der Waals surface area contributed by atoms with E-state index in [1.807, 2.05) is 18.7 Å². The smallest absolute Gasteiger partial charge is 0.0277 e. The zero-order valence-corrected chi connectivity index (χ0v) is 12.6. The molecule has 1 nitrogen and oxygen atoms in total.